The van der Waals surface area contributed by atoms with Crippen LogP contribution in [0.4, 0.5) is 0 Å². The third kappa shape index (κ3) is 3.31. The lowest BCUT2D eigenvalue weighted by atomic mass is 10.0. The summed E-state index contributed by atoms with van der Waals surface area (Å²) in [7, 11) is 0. The van der Waals surface area contributed by atoms with Gasteiger partial charge in [0.2, 0.25) is 11.8 Å². The van der Waals surface area contributed by atoms with E-state index >= 15 is 0 Å². The third-order valence-corrected chi connectivity index (χ3v) is 5.37. The summed E-state index contributed by atoms with van der Waals surface area (Å²) in [5.74, 6) is -0.0624. The number of hydrogen-bond acceptors (Lipinski definition) is 5. The van der Waals surface area contributed by atoms with E-state index in [1.807, 2.05) is 12.1 Å². The van der Waals surface area contributed by atoms with E-state index in [1.54, 1.807) is 11.0 Å². The molecule has 3 aliphatic rings. The number of nitrogens with one attached hydrogen (secondary N) is 1. The van der Waals surface area contributed by atoms with Crippen molar-refractivity contribution in [1.82, 2.24) is 15.1 Å². The van der Waals surface area contributed by atoms with Crippen molar-refractivity contribution in [1.29, 1.82) is 0 Å². The van der Waals surface area contributed by atoms with Crippen molar-refractivity contribution < 1.29 is 19.1 Å². The average molecular weight is 357 g/mol. The maximum atomic E-state index is 12.6. The summed E-state index contributed by atoms with van der Waals surface area (Å²) in [6, 6.07) is 4.90. The second-order valence-corrected chi connectivity index (χ2v) is 7.12. The Kier molecular flexibility index (Phi) is 4.63. The van der Waals surface area contributed by atoms with Crippen molar-refractivity contribution in [3.05, 3.63) is 29.3 Å². The zero-order valence-corrected chi connectivity index (χ0v) is 14.7. The molecule has 1 unspecified atom stereocenters. The van der Waals surface area contributed by atoms with Gasteiger partial charge in [0.1, 0.15) is 18.4 Å². The molecule has 0 aromatic heterocycles. The van der Waals surface area contributed by atoms with Gasteiger partial charge >= 0.3 is 0 Å². The van der Waals surface area contributed by atoms with Gasteiger partial charge in [-0.1, -0.05) is 0 Å². The molecule has 4 rings (SSSR count). The Hall–Kier alpha value is -2.41. The molecule has 0 bridgehead atoms. The van der Waals surface area contributed by atoms with E-state index in [0.717, 1.165) is 30.9 Å². The Labute approximate surface area is 152 Å². The SMILES string of the molecule is O=C1CCC(N2Cc3cc(OCCN4CCCC4)ccc3C2=O)C(=O)N1. The molecule has 3 heterocycles. The molecule has 1 atom stereocenters. The van der Waals surface area contributed by atoms with E-state index in [0.29, 0.717) is 25.1 Å². The molecule has 7 heteroatoms. The molecule has 2 saturated heterocycles. The van der Waals surface area contributed by atoms with E-state index in [9.17, 15) is 14.4 Å². The van der Waals surface area contributed by atoms with Gasteiger partial charge in [-0.3, -0.25) is 24.6 Å². The van der Waals surface area contributed by atoms with E-state index in [4.69, 9.17) is 4.74 Å². The fourth-order valence-electron chi connectivity index (χ4n) is 3.94. The van der Waals surface area contributed by atoms with Crippen LogP contribution in [0.3, 0.4) is 0 Å². The summed E-state index contributed by atoms with van der Waals surface area (Å²) in [6.45, 7) is 4.21. The zero-order chi connectivity index (χ0) is 18.1. The molecule has 1 N–H and O–H groups in total. The first kappa shape index (κ1) is 17.0. The molecule has 138 valence electrons. The quantitative estimate of drug-likeness (QED) is 0.793. The number of likely N-dealkylation sites (tertiary alicyclic amines) is 1. The molecule has 3 aliphatic heterocycles. The highest BCUT2D eigenvalue weighted by Gasteiger charge is 2.39. The lowest BCUT2D eigenvalue weighted by molar-refractivity contribution is -0.136. The normalized spacial score (nSPS) is 23.3. The molecule has 26 heavy (non-hydrogen) atoms. The Morgan fingerprint density at radius 3 is 2.73 bits per heavy atom. The molecule has 3 amide bonds. The van der Waals surface area contributed by atoms with Gasteiger partial charge < -0.3 is 9.64 Å². The van der Waals surface area contributed by atoms with Gasteiger partial charge in [0.25, 0.3) is 5.91 Å². The monoisotopic (exact) mass is 357 g/mol. The highest BCUT2D eigenvalue weighted by atomic mass is 16.5. The second kappa shape index (κ2) is 7.07. The van der Waals surface area contributed by atoms with Crippen LogP contribution in [0.5, 0.6) is 5.75 Å². The predicted octanol–water partition coefficient (Wildman–Crippen LogP) is 0.922. The molecule has 0 radical (unpaired) electrons. The van der Waals surface area contributed by atoms with Gasteiger partial charge in [0.15, 0.2) is 0 Å². The van der Waals surface area contributed by atoms with Crippen molar-refractivity contribution in [2.45, 2.75) is 38.3 Å². The van der Waals surface area contributed by atoms with Crippen LogP contribution in [0.1, 0.15) is 41.6 Å². The van der Waals surface area contributed by atoms with Gasteiger partial charge in [-0.15, -0.1) is 0 Å². The molecule has 1 aromatic rings. The number of amides is 3. The van der Waals surface area contributed by atoms with Crippen LogP contribution in [-0.4, -0.2) is 59.8 Å². The van der Waals surface area contributed by atoms with E-state index in [-0.39, 0.29) is 24.1 Å². The van der Waals surface area contributed by atoms with Crippen LogP contribution in [-0.2, 0) is 16.1 Å². The van der Waals surface area contributed by atoms with Crippen LogP contribution in [0, 0.1) is 0 Å². The lowest BCUT2D eigenvalue weighted by Crippen LogP contribution is -2.52. The number of carbonyl (C=O) groups excluding carboxylic acids is 3. The van der Waals surface area contributed by atoms with Gasteiger partial charge in [0.05, 0.1) is 0 Å². The highest BCUT2D eigenvalue weighted by Crippen LogP contribution is 2.30. The lowest BCUT2D eigenvalue weighted by Gasteiger charge is -2.29. The third-order valence-electron chi connectivity index (χ3n) is 5.37. The van der Waals surface area contributed by atoms with Crippen LogP contribution >= 0.6 is 0 Å². The number of fused-ring (bicyclic) bond motifs is 1. The topological polar surface area (TPSA) is 79.0 Å². The Morgan fingerprint density at radius 1 is 1.15 bits per heavy atom. The second-order valence-electron chi connectivity index (χ2n) is 7.12. The Balaban J connectivity index is 1.39. The summed E-state index contributed by atoms with van der Waals surface area (Å²) < 4.78 is 5.85. The standard InChI is InChI=1S/C19H23N3O4/c23-17-6-5-16(18(24)20-17)22-12-13-11-14(3-4-15(13)19(22)25)26-10-9-21-7-1-2-8-21/h3-4,11,16H,1-2,5-10,12H2,(H,20,23,24). The van der Waals surface area contributed by atoms with Crippen LogP contribution in [0.2, 0.25) is 0 Å². The minimum Gasteiger partial charge on any atom is -0.492 e. The molecule has 7 nitrogen and oxygen atoms in total. The number of rotatable bonds is 5. The summed E-state index contributed by atoms with van der Waals surface area (Å²) in [4.78, 5) is 40.0. The smallest absolute Gasteiger partial charge is 0.255 e. The van der Waals surface area contributed by atoms with Crippen molar-refractivity contribution in [2.24, 2.45) is 0 Å². The molecule has 2 fully saturated rings. The first-order valence-electron chi connectivity index (χ1n) is 9.24. The highest BCUT2D eigenvalue weighted by molar-refractivity contribution is 6.05. The van der Waals surface area contributed by atoms with E-state index in [2.05, 4.69) is 10.2 Å². The Morgan fingerprint density at radius 2 is 1.96 bits per heavy atom. The van der Waals surface area contributed by atoms with Crippen molar-refractivity contribution in [2.75, 3.05) is 26.2 Å². The molecular weight excluding hydrogens is 334 g/mol. The number of imide groups is 1. The van der Waals surface area contributed by atoms with E-state index < -0.39 is 6.04 Å². The van der Waals surface area contributed by atoms with Gasteiger partial charge in [0, 0.05) is 25.1 Å². The van der Waals surface area contributed by atoms with Gasteiger partial charge in [-0.25, -0.2) is 0 Å². The van der Waals surface area contributed by atoms with Gasteiger partial charge in [-0.2, -0.15) is 0 Å². The van der Waals surface area contributed by atoms with Crippen LogP contribution < -0.4 is 10.1 Å². The Bertz CT molecular complexity index is 742. The largest absolute Gasteiger partial charge is 0.492 e. The maximum Gasteiger partial charge on any atom is 0.255 e. The number of piperidine rings is 1. The summed E-state index contributed by atoms with van der Waals surface area (Å²) in [6.07, 6.45) is 3.17. The molecule has 1 aromatic carbocycles. The number of carbonyl (C=O) groups is 3. The van der Waals surface area contributed by atoms with Crippen molar-refractivity contribution in [3.8, 4) is 5.75 Å². The minimum atomic E-state index is -0.577. The maximum absolute atomic E-state index is 12.6. The van der Waals surface area contributed by atoms with Crippen molar-refractivity contribution in [3.63, 3.8) is 0 Å². The van der Waals surface area contributed by atoms with Crippen molar-refractivity contribution >= 4 is 17.7 Å². The number of benzene rings is 1. The molecule has 0 saturated carbocycles. The van der Waals surface area contributed by atoms with Crippen LogP contribution in [0.15, 0.2) is 18.2 Å². The fraction of sp³-hybridized carbons (Fsp3) is 0.526. The number of ether oxygens (including phenoxy) is 1. The number of nitrogens with zero attached hydrogens (tertiary/aromatic N) is 2. The minimum absolute atomic E-state index is 0.155. The molecule has 0 spiro atoms. The average Bonchev–Trinajstić information content (AvgIpc) is 3.23. The van der Waals surface area contributed by atoms with E-state index in [1.165, 1.54) is 12.8 Å². The predicted molar refractivity (Wildman–Crippen MR) is 93.7 cm³/mol. The van der Waals surface area contributed by atoms with Crippen LogP contribution in [0.25, 0.3) is 0 Å². The first-order chi connectivity index (χ1) is 12.6. The summed E-state index contributed by atoms with van der Waals surface area (Å²) in [5.41, 5.74) is 1.49. The van der Waals surface area contributed by atoms with Gasteiger partial charge in [-0.05, 0) is 56.1 Å². The first-order valence-corrected chi connectivity index (χ1v) is 9.24. The summed E-state index contributed by atoms with van der Waals surface area (Å²) >= 11 is 0. The molecular formula is C19H23N3O4. The fourth-order valence-corrected chi connectivity index (χ4v) is 3.94. The zero-order valence-electron chi connectivity index (χ0n) is 14.7. The summed E-state index contributed by atoms with van der Waals surface area (Å²) in [5, 5.41) is 2.32. The number of hydrogen-bond donors (Lipinski definition) is 1. The molecule has 0 aliphatic carbocycles.